The molecule has 0 unspecified atom stereocenters. The van der Waals surface area contributed by atoms with Crippen LogP contribution in [0.2, 0.25) is 0 Å². The van der Waals surface area contributed by atoms with Gasteiger partial charge in [0.25, 0.3) is 0 Å². The summed E-state index contributed by atoms with van der Waals surface area (Å²) in [7, 11) is 0. The monoisotopic (exact) mass is 289 g/mol. The smallest absolute Gasteiger partial charge is 0.321 e. The first-order valence-electron chi connectivity index (χ1n) is 7.76. The van der Waals surface area contributed by atoms with Crippen LogP contribution in [0.15, 0.2) is 12.1 Å². The van der Waals surface area contributed by atoms with Crippen molar-refractivity contribution in [3.63, 3.8) is 0 Å². The molecule has 1 aliphatic rings. The lowest BCUT2D eigenvalue weighted by molar-refractivity contribution is 0.125. The summed E-state index contributed by atoms with van der Waals surface area (Å²) in [4.78, 5) is 16.8. The number of carbonyl (C=O) groups is 1. The van der Waals surface area contributed by atoms with Crippen LogP contribution in [0.3, 0.4) is 0 Å². The van der Waals surface area contributed by atoms with E-state index in [9.17, 15) is 4.79 Å². The molecule has 21 heavy (non-hydrogen) atoms. The van der Waals surface area contributed by atoms with E-state index in [1.54, 1.807) is 0 Å². The molecule has 1 aromatic rings. The van der Waals surface area contributed by atoms with E-state index in [0.717, 1.165) is 43.0 Å². The summed E-state index contributed by atoms with van der Waals surface area (Å²) in [6.07, 6.45) is 0. The Balaban J connectivity index is 2.00. The third-order valence-electron chi connectivity index (χ3n) is 4.24. The zero-order valence-corrected chi connectivity index (χ0v) is 13.9. The van der Waals surface area contributed by atoms with Gasteiger partial charge >= 0.3 is 6.03 Å². The van der Waals surface area contributed by atoms with Gasteiger partial charge in [-0.15, -0.1) is 0 Å². The minimum Gasteiger partial charge on any atom is -0.322 e. The summed E-state index contributed by atoms with van der Waals surface area (Å²) < 4.78 is 0. The number of nitrogens with zero attached hydrogens (tertiary/aromatic N) is 2. The SMILES string of the molecule is Cc1cc(C)c(NC(=O)N2CCN(C(C)C)CC2)c(C)c1. The second-order valence-corrected chi connectivity index (χ2v) is 6.32. The highest BCUT2D eigenvalue weighted by atomic mass is 16.2. The lowest BCUT2D eigenvalue weighted by Gasteiger charge is -2.37. The fourth-order valence-electron chi connectivity index (χ4n) is 3.00. The van der Waals surface area contributed by atoms with Crippen LogP contribution in [-0.4, -0.2) is 48.1 Å². The van der Waals surface area contributed by atoms with E-state index < -0.39 is 0 Å². The quantitative estimate of drug-likeness (QED) is 0.907. The number of anilines is 1. The Hall–Kier alpha value is -1.55. The first-order valence-corrected chi connectivity index (χ1v) is 7.76. The van der Waals surface area contributed by atoms with Gasteiger partial charge in [0.1, 0.15) is 0 Å². The molecule has 0 aromatic heterocycles. The molecule has 1 heterocycles. The Morgan fingerprint density at radius 1 is 1.05 bits per heavy atom. The number of rotatable bonds is 2. The van der Waals surface area contributed by atoms with Crippen LogP contribution in [0, 0.1) is 20.8 Å². The van der Waals surface area contributed by atoms with Crippen molar-refractivity contribution in [1.82, 2.24) is 9.80 Å². The van der Waals surface area contributed by atoms with Crippen molar-refractivity contribution in [1.29, 1.82) is 0 Å². The molecule has 0 atom stereocenters. The molecule has 2 rings (SSSR count). The van der Waals surface area contributed by atoms with E-state index in [2.05, 4.69) is 43.1 Å². The average molecular weight is 289 g/mol. The maximum Gasteiger partial charge on any atom is 0.321 e. The molecule has 1 aromatic carbocycles. The van der Waals surface area contributed by atoms with Crippen LogP contribution >= 0.6 is 0 Å². The summed E-state index contributed by atoms with van der Waals surface area (Å²) in [6, 6.07) is 4.80. The third-order valence-corrected chi connectivity index (χ3v) is 4.24. The molecule has 0 bridgehead atoms. The molecule has 1 aliphatic heterocycles. The Morgan fingerprint density at radius 3 is 2.05 bits per heavy atom. The van der Waals surface area contributed by atoms with Gasteiger partial charge in [0.05, 0.1) is 0 Å². The fourth-order valence-corrected chi connectivity index (χ4v) is 3.00. The van der Waals surface area contributed by atoms with E-state index in [1.807, 2.05) is 18.7 Å². The van der Waals surface area contributed by atoms with Crippen LogP contribution < -0.4 is 5.32 Å². The number of benzene rings is 1. The highest BCUT2D eigenvalue weighted by molar-refractivity contribution is 5.91. The predicted molar refractivity (Wildman–Crippen MR) is 88.0 cm³/mol. The number of amides is 2. The van der Waals surface area contributed by atoms with Crippen molar-refractivity contribution in [3.8, 4) is 0 Å². The van der Waals surface area contributed by atoms with Crippen LogP contribution in [-0.2, 0) is 0 Å². The highest BCUT2D eigenvalue weighted by Crippen LogP contribution is 2.22. The molecule has 2 amide bonds. The maximum atomic E-state index is 12.4. The first-order chi connectivity index (χ1) is 9.88. The van der Waals surface area contributed by atoms with Gasteiger partial charge < -0.3 is 10.2 Å². The lowest BCUT2D eigenvalue weighted by atomic mass is 10.1. The number of carbonyl (C=O) groups excluding carboxylic acids is 1. The Kier molecular flexibility index (Phi) is 4.88. The van der Waals surface area contributed by atoms with E-state index >= 15 is 0 Å². The van der Waals surface area contributed by atoms with Crippen LogP contribution in [0.25, 0.3) is 0 Å². The number of piperazine rings is 1. The lowest BCUT2D eigenvalue weighted by Crippen LogP contribution is -2.51. The van der Waals surface area contributed by atoms with Crippen LogP contribution in [0.4, 0.5) is 10.5 Å². The van der Waals surface area contributed by atoms with Gasteiger partial charge in [-0.3, -0.25) is 4.90 Å². The Labute approximate surface area is 128 Å². The van der Waals surface area contributed by atoms with Gasteiger partial charge in [-0.05, 0) is 45.7 Å². The van der Waals surface area contributed by atoms with Crippen LogP contribution in [0.5, 0.6) is 0 Å². The average Bonchev–Trinajstić information content (AvgIpc) is 2.42. The van der Waals surface area contributed by atoms with Gasteiger partial charge in [-0.25, -0.2) is 4.79 Å². The number of urea groups is 1. The predicted octanol–water partition coefficient (Wildman–Crippen LogP) is 3.17. The molecule has 0 saturated carbocycles. The highest BCUT2D eigenvalue weighted by Gasteiger charge is 2.23. The van der Waals surface area contributed by atoms with Crippen molar-refractivity contribution in [3.05, 3.63) is 28.8 Å². The molecular weight excluding hydrogens is 262 g/mol. The van der Waals surface area contributed by atoms with Gasteiger partial charge in [0.2, 0.25) is 0 Å². The van der Waals surface area contributed by atoms with Gasteiger partial charge in [0.15, 0.2) is 0 Å². The van der Waals surface area contributed by atoms with Crippen molar-refractivity contribution >= 4 is 11.7 Å². The standard InChI is InChI=1S/C17H27N3O/c1-12(2)19-6-8-20(9-7-19)17(21)18-16-14(4)10-13(3)11-15(16)5/h10-12H,6-9H2,1-5H3,(H,18,21). The minimum atomic E-state index is 0.0217. The second-order valence-electron chi connectivity index (χ2n) is 6.32. The molecule has 1 saturated heterocycles. The second kappa shape index (κ2) is 6.48. The summed E-state index contributed by atoms with van der Waals surface area (Å²) >= 11 is 0. The Bertz CT molecular complexity index is 494. The first kappa shape index (κ1) is 15.8. The summed E-state index contributed by atoms with van der Waals surface area (Å²) in [5.41, 5.74) is 4.44. The maximum absolute atomic E-state index is 12.4. The van der Waals surface area contributed by atoms with Gasteiger partial charge in [-0.1, -0.05) is 17.7 Å². The summed E-state index contributed by atoms with van der Waals surface area (Å²) in [5, 5.41) is 3.09. The van der Waals surface area contributed by atoms with Gasteiger partial charge in [-0.2, -0.15) is 0 Å². The van der Waals surface area contributed by atoms with Crippen LogP contribution in [0.1, 0.15) is 30.5 Å². The van der Waals surface area contributed by atoms with Crippen molar-refractivity contribution < 1.29 is 4.79 Å². The number of aryl methyl sites for hydroxylation is 3. The molecule has 0 radical (unpaired) electrons. The molecular formula is C17H27N3O. The van der Waals surface area contributed by atoms with E-state index in [1.165, 1.54) is 5.56 Å². The minimum absolute atomic E-state index is 0.0217. The third kappa shape index (κ3) is 3.76. The largest absolute Gasteiger partial charge is 0.322 e. The number of hydrogen-bond donors (Lipinski definition) is 1. The van der Waals surface area contributed by atoms with Crippen molar-refractivity contribution in [2.45, 2.75) is 40.7 Å². The zero-order valence-electron chi connectivity index (χ0n) is 13.9. The van der Waals surface area contributed by atoms with E-state index in [-0.39, 0.29) is 6.03 Å². The summed E-state index contributed by atoms with van der Waals surface area (Å²) in [5.74, 6) is 0. The van der Waals surface area contributed by atoms with E-state index in [4.69, 9.17) is 0 Å². The normalized spacial score (nSPS) is 16.4. The summed E-state index contributed by atoms with van der Waals surface area (Å²) in [6.45, 7) is 14.1. The number of nitrogens with one attached hydrogen (secondary N) is 1. The van der Waals surface area contributed by atoms with Crippen molar-refractivity contribution in [2.75, 3.05) is 31.5 Å². The topological polar surface area (TPSA) is 35.6 Å². The van der Waals surface area contributed by atoms with E-state index in [0.29, 0.717) is 6.04 Å². The molecule has 1 N–H and O–H groups in total. The molecule has 0 aliphatic carbocycles. The fraction of sp³-hybridized carbons (Fsp3) is 0.588. The molecule has 0 spiro atoms. The molecule has 4 heteroatoms. The molecule has 4 nitrogen and oxygen atoms in total. The zero-order chi connectivity index (χ0) is 15.6. The molecule has 1 fully saturated rings. The van der Waals surface area contributed by atoms with Crippen molar-refractivity contribution in [2.24, 2.45) is 0 Å². The van der Waals surface area contributed by atoms with Gasteiger partial charge in [0, 0.05) is 37.9 Å². The molecule has 116 valence electrons. The number of hydrogen-bond acceptors (Lipinski definition) is 2. The Morgan fingerprint density at radius 2 is 1.57 bits per heavy atom.